The summed E-state index contributed by atoms with van der Waals surface area (Å²) < 4.78 is 30.2. The Morgan fingerprint density at radius 3 is 2.20 bits per heavy atom. The first-order valence-corrected chi connectivity index (χ1v) is 4.22. The Hall–Kier alpha value is -1.49. The Labute approximate surface area is 85.8 Å². The number of ether oxygens (including phenoxy) is 1. The maximum Gasteiger partial charge on any atom is 0.330 e. The molecule has 1 atom stereocenters. The molecule has 15 heavy (non-hydrogen) atoms. The highest BCUT2D eigenvalue weighted by Gasteiger charge is 2.32. The third-order valence-electron chi connectivity index (χ3n) is 2.07. The molecule has 1 rings (SSSR count). The molecule has 0 spiro atoms. The molecule has 0 aliphatic heterocycles. The van der Waals surface area contributed by atoms with Crippen molar-refractivity contribution in [3.8, 4) is 0 Å². The summed E-state index contributed by atoms with van der Waals surface area (Å²) in [4.78, 5) is 11.3. The van der Waals surface area contributed by atoms with Crippen molar-refractivity contribution in [2.24, 2.45) is 5.73 Å². The molecular formula is C10H11F2NO2. The zero-order valence-corrected chi connectivity index (χ0v) is 8.38. The fourth-order valence-corrected chi connectivity index (χ4v) is 1.18. The number of rotatable bonds is 2. The van der Waals surface area contributed by atoms with Crippen LogP contribution in [0.15, 0.2) is 18.2 Å². The van der Waals surface area contributed by atoms with Crippen molar-refractivity contribution in [3.05, 3.63) is 35.4 Å². The molecule has 1 aromatic rings. The highest BCUT2D eigenvalue weighted by molar-refractivity contribution is 5.81. The van der Waals surface area contributed by atoms with E-state index < -0.39 is 23.1 Å². The van der Waals surface area contributed by atoms with Crippen molar-refractivity contribution < 1.29 is 18.3 Å². The normalized spacial score (nSPS) is 14.5. The van der Waals surface area contributed by atoms with E-state index in [0.717, 1.165) is 19.2 Å². The van der Waals surface area contributed by atoms with E-state index in [2.05, 4.69) is 4.74 Å². The molecule has 0 bridgehead atoms. The van der Waals surface area contributed by atoms with Gasteiger partial charge in [0.15, 0.2) is 0 Å². The van der Waals surface area contributed by atoms with Gasteiger partial charge < -0.3 is 10.5 Å². The van der Waals surface area contributed by atoms with Crippen LogP contribution in [0.3, 0.4) is 0 Å². The van der Waals surface area contributed by atoms with Gasteiger partial charge in [-0.05, 0) is 24.6 Å². The van der Waals surface area contributed by atoms with Crippen molar-refractivity contribution in [2.75, 3.05) is 7.11 Å². The van der Waals surface area contributed by atoms with E-state index in [9.17, 15) is 13.6 Å². The van der Waals surface area contributed by atoms with Gasteiger partial charge >= 0.3 is 5.97 Å². The van der Waals surface area contributed by atoms with Crippen LogP contribution in [0.5, 0.6) is 0 Å². The van der Waals surface area contributed by atoms with E-state index in [0.29, 0.717) is 6.07 Å². The lowest BCUT2D eigenvalue weighted by Crippen LogP contribution is -2.42. The minimum atomic E-state index is -1.56. The van der Waals surface area contributed by atoms with Crippen molar-refractivity contribution in [3.63, 3.8) is 0 Å². The van der Waals surface area contributed by atoms with Gasteiger partial charge in [0.1, 0.15) is 17.2 Å². The lowest BCUT2D eigenvalue weighted by atomic mass is 9.93. The first-order valence-electron chi connectivity index (χ1n) is 4.22. The lowest BCUT2D eigenvalue weighted by Gasteiger charge is -2.21. The van der Waals surface area contributed by atoms with E-state index in [1.165, 1.54) is 6.92 Å². The number of hydrogen-bond acceptors (Lipinski definition) is 3. The summed E-state index contributed by atoms with van der Waals surface area (Å²) in [6.45, 7) is 1.33. The Morgan fingerprint density at radius 2 is 1.80 bits per heavy atom. The van der Waals surface area contributed by atoms with Crippen LogP contribution in [0, 0.1) is 11.6 Å². The predicted molar refractivity (Wildman–Crippen MR) is 49.9 cm³/mol. The molecule has 0 aromatic heterocycles. The van der Waals surface area contributed by atoms with Gasteiger partial charge in [-0.3, -0.25) is 0 Å². The number of methoxy groups -OCH3 is 1. The van der Waals surface area contributed by atoms with Gasteiger partial charge in [-0.15, -0.1) is 0 Å². The molecule has 0 saturated heterocycles. The van der Waals surface area contributed by atoms with Gasteiger partial charge in [0, 0.05) is 6.07 Å². The summed E-state index contributed by atoms with van der Waals surface area (Å²) >= 11 is 0. The Morgan fingerprint density at radius 1 is 1.33 bits per heavy atom. The summed E-state index contributed by atoms with van der Waals surface area (Å²) in [5.74, 6) is -2.33. The van der Waals surface area contributed by atoms with Crippen molar-refractivity contribution in [1.82, 2.24) is 0 Å². The standard InChI is InChI=1S/C10H11F2NO2/c1-10(13,9(14)15-2)6-3-7(11)5-8(12)4-6/h3-5H,13H2,1-2H3/t10-/m1/s1. The van der Waals surface area contributed by atoms with Crippen molar-refractivity contribution >= 4 is 5.97 Å². The summed E-state index contributed by atoms with van der Waals surface area (Å²) in [6, 6.07) is 2.71. The highest BCUT2D eigenvalue weighted by Crippen LogP contribution is 2.21. The lowest BCUT2D eigenvalue weighted by molar-refractivity contribution is -0.146. The molecule has 0 aliphatic rings. The molecule has 3 nitrogen and oxygen atoms in total. The molecule has 0 fully saturated rings. The van der Waals surface area contributed by atoms with E-state index >= 15 is 0 Å². The highest BCUT2D eigenvalue weighted by atomic mass is 19.1. The molecule has 2 N–H and O–H groups in total. The van der Waals surface area contributed by atoms with Crippen LogP contribution in [0.2, 0.25) is 0 Å². The molecule has 5 heteroatoms. The van der Waals surface area contributed by atoms with E-state index in [1.54, 1.807) is 0 Å². The molecule has 0 unspecified atom stereocenters. The fraction of sp³-hybridized carbons (Fsp3) is 0.300. The third kappa shape index (κ3) is 2.30. The van der Waals surface area contributed by atoms with Gasteiger partial charge in [-0.2, -0.15) is 0 Å². The van der Waals surface area contributed by atoms with E-state index in [4.69, 9.17) is 5.73 Å². The van der Waals surface area contributed by atoms with Crippen LogP contribution in [-0.4, -0.2) is 13.1 Å². The predicted octanol–water partition coefficient (Wildman–Crippen LogP) is 1.31. The Balaban J connectivity index is 3.20. The zero-order valence-electron chi connectivity index (χ0n) is 8.38. The van der Waals surface area contributed by atoms with Crippen LogP contribution in [-0.2, 0) is 15.1 Å². The van der Waals surface area contributed by atoms with Gasteiger partial charge in [0.2, 0.25) is 0 Å². The molecule has 1 aromatic carbocycles. The average Bonchev–Trinajstić information content (AvgIpc) is 2.15. The van der Waals surface area contributed by atoms with E-state index in [-0.39, 0.29) is 5.56 Å². The number of hydrogen-bond donors (Lipinski definition) is 1. The van der Waals surface area contributed by atoms with Gasteiger partial charge in [-0.25, -0.2) is 13.6 Å². The number of esters is 1. The van der Waals surface area contributed by atoms with Gasteiger partial charge in [0.05, 0.1) is 7.11 Å². The van der Waals surface area contributed by atoms with Crippen LogP contribution in [0.25, 0.3) is 0 Å². The number of nitrogens with two attached hydrogens (primary N) is 1. The molecule has 0 radical (unpaired) electrons. The van der Waals surface area contributed by atoms with Crippen molar-refractivity contribution in [1.29, 1.82) is 0 Å². The summed E-state index contributed by atoms with van der Waals surface area (Å²) in [5.41, 5.74) is 4.10. The van der Waals surface area contributed by atoms with Gasteiger partial charge in [0.25, 0.3) is 0 Å². The maximum absolute atomic E-state index is 12.9. The summed E-state index contributed by atoms with van der Waals surface area (Å²) in [7, 11) is 1.16. The number of carbonyl (C=O) groups excluding carboxylic acids is 1. The second kappa shape index (κ2) is 3.94. The molecule has 82 valence electrons. The number of halogens is 2. The zero-order chi connectivity index (χ0) is 11.6. The molecule has 0 heterocycles. The first-order chi connectivity index (χ1) is 6.87. The van der Waals surface area contributed by atoms with Crippen molar-refractivity contribution in [2.45, 2.75) is 12.5 Å². The number of benzene rings is 1. The Kier molecular flexibility index (Phi) is 3.04. The van der Waals surface area contributed by atoms with E-state index in [1.807, 2.05) is 0 Å². The smallest absolute Gasteiger partial charge is 0.330 e. The SMILES string of the molecule is COC(=O)[C@](C)(N)c1cc(F)cc(F)c1. The third-order valence-corrected chi connectivity index (χ3v) is 2.07. The molecule has 0 saturated carbocycles. The minimum Gasteiger partial charge on any atom is -0.467 e. The Bertz CT molecular complexity index is 371. The summed E-state index contributed by atoms with van der Waals surface area (Å²) in [6.07, 6.45) is 0. The maximum atomic E-state index is 12.9. The fourth-order valence-electron chi connectivity index (χ4n) is 1.18. The molecular weight excluding hydrogens is 204 g/mol. The average molecular weight is 215 g/mol. The minimum absolute atomic E-state index is 0.0341. The second-order valence-corrected chi connectivity index (χ2v) is 3.35. The molecule has 0 aliphatic carbocycles. The largest absolute Gasteiger partial charge is 0.467 e. The molecule has 0 amide bonds. The topological polar surface area (TPSA) is 52.3 Å². The first kappa shape index (κ1) is 11.6. The second-order valence-electron chi connectivity index (χ2n) is 3.35. The quantitative estimate of drug-likeness (QED) is 0.757. The summed E-state index contributed by atoms with van der Waals surface area (Å²) in [5, 5.41) is 0. The van der Waals surface area contributed by atoms with Crippen LogP contribution >= 0.6 is 0 Å². The van der Waals surface area contributed by atoms with Crippen LogP contribution < -0.4 is 5.73 Å². The van der Waals surface area contributed by atoms with Gasteiger partial charge in [-0.1, -0.05) is 0 Å². The van der Waals surface area contributed by atoms with Crippen LogP contribution in [0.1, 0.15) is 12.5 Å². The number of carbonyl (C=O) groups is 1. The van der Waals surface area contributed by atoms with Crippen LogP contribution in [0.4, 0.5) is 8.78 Å². The monoisotopic (exact) mass is 215 g/mol.